The van der Waals surface area contributed by atoms with Crippen LogP contribution in [0.5, 0.6) is 11.5 Å². The molecule has 14 heteroatoms. The van der Waals surface area contributed by atoms with Gasteiger partial charge in [-0.25, -0.2) is 13.2 Å². The number of nitro benzene ring substituents is 1. The van der Waals surface area contributed by atoms with Crippen LogP contribution in [-0.4, -0.2) is 66.2 Å². The maximum absolute atomic E-state index is 13.5. The first-order valence-corrected chi connectivity index (χ1v) is 16.5. The van der Waals surface area contributed by atoms with Crippen LogP contribution in [0.25, 0.3) is 0 Å². The molecule has 1 atom stereocenters. The number of urea groups is 1. The number of hydrogen-bond donors (Lipinski definition) is 3. The van der Waals surface area contributed by atoms with Gasteiger partial charge in [0.25, 0.3) is 5.69 Å². The second kappa shape index (κ2) is 15.7. The lowest BCUT2D eigenvalue weighted by Gasteiger charge is -2.31. The summed E-state index contributed by atoms with van der Waals surface area (Å²) in [6.07, 6.45) is 1.51. The van der Waals surface area contributed by atoms with Gasteiger partial charge in [0.1, 0.15) is 0 Å². The van der Waals surface area contributed by atoms with Gasteiger partial charge >= 0.3 is 6.03 Å². The molecule has 13 nitrogen and oxygen atoms in total. The molecule has 0 aliphatic carbocycles. The van der Waals surface area contributed by atoms with Crippen LogP contribution < -0.4 is 20.5 Å². The molecule has 3 aromatic rings. The van der Waals surface area contributed by atoms with E-state index in [2.05, 4.69) is 5.32 Å². The fourth-order valence-corrected chi connectivity index (χ4v) is 6.93. The Bertz CT molecular complexity index is 1580. The third-order valence-corrected chi connectivity index (χ3v) is 9.44. The number of nitrogens with zero attached hydrogens (tertiary/aromatic N) is 3. The van der Waals surface area contributed by atoms with Crippen molar-refractivity contribution in [3.63, 3.8) is 0 Å². The van der Waals surface area contributed by atoms with Crippen molar-refractivity contribution in [3.8, 4) is 11.5 Å². The Morgan fingerprint density at radius 1 is 1.00 bits per heavy atom. The van der Waals surface area contributed by atoms with Crippen LogP contribution in [0.2, 0.25) is 0 Å². The maximum atomic E-state index is 13.5. The van der Waals surface area contributed by atoms with Crippen LogP contribution in [-0.2, 0) is 23.1 Å². The van der Waals surface area contributed by atoms with Gasteiger partial charge in [0.2, 0.25) is 16.8 Å². The monoisotopic (exact) mass is 655 g/mol. The number of nitrogens with one attached hydrogen (secondary N) is 1. The zero-order chi connectivity index (χ0) is 33.3. The van der Waals surface area contributed by atoms with Gasteiger partial charge in [-0.3, -0.25) is 10.1 Å². The van der Waals surface area contributed by atoms with E-state index in [9.17, 15) is 28.4 Å². The number of sulfonamides is 1. The van der Waals surface area contributed by atoms with Crippen LogP contribution in [0.3, 0.4) is 0 Å². The van der Waals surface area contributed by atoms with Crippen molar-refractivity contribution < 1.29 is 32.7 Å². The number of anilines is 1. The topological polar surface area (TPSA) is 178 Å². The Kier molecular flexibility index (Phi) is 11.8. The second-order valence-corrected chi connectivity index (χ2v) is 13.5. The lowest BCUT2D eigenvalue weighted by atomic mass is 10.1. The number of carbonyl (C=O) groups is 1. The molecule has 0 aromatic heterocycles. The number of non-ortho nitro benzene ring substituents is 1. The summed E-state index contributed by atoms with van der Waals surface area (Å²) in [5.41, 5.74) is 7.71. The number of rotatable bonds is 16. The Balaban J connectivity index is 1.38. The van der Waals surface area contributed by atoms with Gasteiger partial charge in [0, 0.05) is 50.0 Å². The summed E-state index contributed by atoms with van der Waals surface area (Å²) in [4.78, 5) is 25.7. The number of hydrogen-bond acceptors (Lipinski definition) is 9. The molecule has 1 heterocycles. The minimum absolute atomic E-state index is 0.0309. The number of ether oxygens (including phenoxy) is 2. The molecule has 4 N–H and O–H groups in total. The zero-order valence-electron chi connectivity index (χ0n) is 26.0. The summed E-state index contributed by atoms with van der Waals surface area (Å²) in [5, 5.41) is 24.2. The summed E-state index contributed by atoms with van der Waals surface area (Å²) in [6.45, 7) is 4.65. The molecular weight excluding hydrogens is 614 g/mol. The normalized spacial score (nSPS) is 13.2. The van der Waals surface area contributed by atoms with Gasteiger partial charge in [-0.2, -0.15) is 4.31 Å². The third-order valence-electron chi connectivity index (χ3n) is 7.51. The van der Waals surface area contributed by atoms with E-state index in [4.69, 9.17) is 15.2 Å². The molecule has 1 aliphatic rings. The molecule has 1 aliphatic heterocycles. The maximum Gasteiger partial charge on any atom is 0.318 e. The molecule has 46 heavy (non-hydrogen) atoms. The predicted octanol–water partition coefficient (Wildman–Crippen LogP) is 4.50. The van der Waals surface area contributed by atoms with Crippen LogP contribution in [0, 0.1) is 16.0 Å². The number of aliphatic hydroxyl groups excluding tert-OH is 1. The van der Waals surface area contributed by atoms with Gasteiger partial charge in [-0.1, -0.05) is 38.5 Å². The quantitative estimate of drug-likeness (QED) is 0.0868. The Labute approximate surface area is 269 Å². The van der Waals surface area contributed by atoms with Crippen molar-refractivity contribution >= 4 is 27.4 Å². The van der Waals surface area contributed by atoms with E-state index in [1.807, 2.05) is 26.0 Å². The first-order valence-electron chi connectivity index (χ1n) is 15.1. The molecule has 3 aromatic carbocycles. The number of nitrogen functional groups attached to an aromatic ring is 1. The Morgan fingerprint density at radius 3 is 2.30 bits per heavy atom. The lowest BCUT2D eigenvalue weighted by molar-refractivity contribution is -0.384. The lowest BCUT2D eigenvalue weighted by Crippen LogP contribution is -2.44. The zero-order valence-corrected chi connectivity index (χ0v) is 26.8. The largest absolute Gasteiger partial charge is 0.454 e. The average molecular weight is 656 g/mol. The number of benzene rings is 3. The van der Waals surface area contributed by atoms with Gasteiger partial charge < -0.3 is 30.5 Å². The number of unbranched alkanes of at least 4 members (excludes halogenated alkanes) is 1. The van der Waals surface area contributed by atoms with Crippen molar-refractivity contribution in [1.82, 2.24) is 14.5 Å². The van der Waals surface area contributed by atoms with Crippen LogP contribution in [0.1, 0.15) is 44.2 Å². The summed E-state index contributed by atoms with van der Waals surface area (Å²) >= 11 is 0. The van der Waals surface area contributed by atoms with E-state index in [1.54, 1.807) is 23.1 Å². The average Bonchev–Trinajstić information content (AvgIpc) is 3.50. The standard InChI is InChI=1S/C32H41N5O8S/c1-23(2)18-36(46(42,43)29-13-9-26(33)10-14-29)28(21-38)5-3-4-16-34-32(39)35(19-24-6-11-27(12-7-24)37(40)41)20-25-8-15-30-31(17-25)45-22-44-30/h6-15,17,23,28,38H,3-5,16,18-22,33H2,1-2H3,(H,34,39)/t28-/m0/s1. The van der Waals surface area contributed by atoms with Gasteiger partial charge in [0.05, 0.1) is 16.4 Å². The highest BCUT2D eigenvalue weighted by molar-refractivity contribution is 7.89. The molecule has 0 radical (unpaired) electrons. The smallest absolute Gasteiger partial charge is 0.318 e. The van der Waals surface area contributed by atoms with Gasteiger partial charge in [0.15, 0.2) is 11.5 Å². The van der Waals surface area contributed by atoms with Crippen LogP contribution >= 0.6 is 0 Å². The minimum atomic E-state index is -3.88. The highest BCUT2D eigenvalue weighted by Crippen LogP contribution is 2.33. The van der Waals surface area contributed by atoms with Crippen molar-refractivity contribution in [3.05, 3.63) is 88.0 Å². The summed E-state index contributed by atoms with van der Waals surface area (Å²) in [7, 11) is -3.88. The molecule has 0 saturated heterocycles. The molecule has 0 fully saturated rings. The fraction of sp³-hybridized carbons (Fsp3) is 0.406. The van der Waals surface area contributed by atoms with Crippen molar-refractivity contribution in [1.29, 1.82) is 0 Å². The molecule has 0 spiro atoms. The van der Waals surface area contributed by atoms with E-state index in [-0.39, 0.29) is 55.6 Å². The first-order chi connectivity index (χ1) is 22.0. The van der Waals surface area contributed by atoms with E-state index >= 15 is 0 Å². The third kappa shape index (κ3) is 9.08. The fourth-order valence-electron chi connectivity index (χ4n) is 5.12. The molecule has 0 saturated carbocycles. The molecule has 4 rings (SSSR count). The van der Waals surface area contributed by atoms with Crippen molar-refractivity contribution in [2.75, 3.05) is 32.2 Å². The summed E-state index contributed by atoms with van der Waals surface area (Å²) < 4.78 is 39.2. The number of nitro groups is 1. The van der Waals surface area contributed by atoms with E-state index in [0.717, 1.165) is 11.1 Å². The van der Waals surface area contributed by atoms with Crippen molar-refractivity contribution in [2.45, 2.75) is 57.1 Å². The number of aliphatic hydroxyl groups is 1. The molecule has 0 bridgehead atoms. The van der Waals surface area contributed by atoms with Gasteiger partial charge in [-0.05, 0) is 66.3 Å². The number of nitrogens with two attached hydrogens (primary N) is 1. The Hall–Kier alpha value is -4.40. The summed E-state index contributed by atoms with van der Waals surface area (Å²) in [5.74, 6) is 1.25. The van der Waals surface area contributed by atoms with Crippen LogP contribution in [0.15, 0.2) is 71.6 Å². The number of carbonyl (C=O) groups excluding carboxylic acids is 1. The molecule has 2 amide bonds. The number of amides is 2. The molecular formula is C32H41N5O8S. The predicted molar refractivity (Wildman–Crippen MR) is 173 cm³/mol. The number of fused-ring (bicyclic) bond motifs is 1. The first kappa shape index (κ1) is 34.5. The van der Waals surface area contributed by atoms with E-state index in [0.29, 0.717) is 43.0 Å². The molecule has 248 valence electrons. The Morgan fingerprint density at radius 2 is 1.65 bits per heavy atom. The van der Waals surface area contributed by atoms with Gasteiger partial charge in [-0.15, -0.1) is 0 Å². The highest BCUT2D eigenvalue weighted by Gasteiger charge is 2.31. The summed E-state index contributed by atoms with van der Waals surface area (Å²) in [6, 6.07) is 16.5. The minimum Gasteiger partial charge on any atom is -0.454 e. The highest BCUT2D eigenvalue weighted by atomic mass is 32.2. The van der Waals surface area contributed by atoms with Crippen molar-refractivity contribution in [2.24, 2.45) is 5.92 Å². The van der Waals surface area contributed by atoms with E-state index < -0.39 is 21.0 Å². The van der Waals surface area contributed by atoms with Crippen LogP contribution in [0.4, 0.5) is 16.2 Å². The van der Waals surface area contributed by atoms with E-state index in [1.165, 1.54) is 40.7 Å². The molecule has 0 unspecified atom stereocenters. The SMILES string of the molecule is CC(C)CN([C@H](CO)CCCCNC(=O)N(Cc1ccc([N+](=O)[O-])cc1)Cc1ccc2c(c1)OCO2)S(=O)(=O)c1ccc(N)cc1. The second-order valence-electron chi connectivity index (χ2n) is 11.6.